The van der Waals surface area contributed by atoms with E-state index < -0.39 is 0 Å². The van der Waals surface area contributed by atoms with Crippen LogP contribution in [0.4, 0.5) is 0 Å². The molecule has 0 aliphatic heterocycles. The van der Waals surface area contributed by atoms with Crippen molar-refractivity contribution < 1.29 is 0 Å². The minimum absolute atomic E-state index is 0.0909. The van der Waals surface area contributed by atoms with Gasteiger partial charge in [0, 0.05) is 37.0 Å². The lowest BCUT2D eigenvalue weighted by molar-refractivity contribution is 0.648. The average Bonchev–Trinajstić information content (AvgIpc) is 2.12. The van der Waals surface area contributed by atoms with Crippen LogP contribution in [0.3, 0.4) is 0 Å². The number of hydrogen-bond donors (Lipinski definition) is 0. The van der Waals surface area contributed by atoms with Gasteiger partial charge in [-0.25, -0.2) is 0 Å². The first kappa shape index (κ1) is 9.60. The number of aryl methyl sites for hydroxylation is 2. The molecule has 1 heterocycles. The lowest BCUT2D eigenvalue weighted by Gasteiger charge is -2.04. The molecule has 0 amide bonds. The first-order chi connectivity index (χ1) is 6.24. The average molecular weight is 175 g/mol. The van der Waals surface area contributed by atoms with Crippen LogP contribution >= 0.6 is 0 Å². The molecule has 0 bridgehead atoms. The highest BCUT2D eigenvalue weighted by Crippen LogP contribution is 1.95. The van der Waals surface area contributed by atoms with Crippen molar-refractivity contribution in [1.29, 1.82) is 0 Å². The van der Waals surface area contributed by atoms with Gasteiger partial charge in [0.1, 0.15) is 0 Å². The van der Waals surface area contributed by atoms with E-state index in [-0.39, 0.29) is 5.43 Å². The second-order valence-corrected chi connectivity index (χ2v) is 3.04. The SMILES string of the molecule is C#CCCCn1ccc(=O)c(C)c1. The molecule has 0 aliphatic rings. The maximum atomic E-state index is 11.1. The molecule has 0 saturated heterocycles. The maximum Gasteiger partial charge on any atom is 0.184 e. The van der Waals surface area contributed by atoms with E-state index in [4.69, 9.17) is 6.42 Å². The molecule has 0 aromatic carbocycles. The van der Waals surface area contributed by atoms with Crippen molar-refractivity contribution in [2.45, 2.75) is 26.3 Å². The van der Waals surface area contributed by atoms with E-state index in [1.807, 2.05) is 17.7 Å². The fourth-order valence-corrected chi connectivity index (χ4v) is 1.15. The third-order valence-corrected chi connectivity index (χ3v) is 1.90. The Morgan fingerprint density at radius 3 is 3.00 bits per heavy atom. The second-order valence-electron chi connectivity index (χ2n) is 3.04. The number of pyridine rings is 1. The number of terminal acetylenes is 1. The van der Waals surface area contributed by atoms with Crippen LogP contribution in [0, 0.1) is 19.3 Å². The quantitative estimate of drug-likeness (QED) is 0.505. The highest BCUT2D eigenvalue weighted by atomic mass is 16.1. The Bertz CT molecular complexity index is 370. The number of nitrogens with zero attached hydrogens (tertiary/aromatic N) is 1. The lowest BCUT2D eigenvalue weighted by atomic mass is 10.3. The molecule has 1 aromatic rings. The zero-order chi connectivity index (χ0) is 9.68. The molecule has 0 saturated carbocycles. The van der Waals surface area contributed by atoms with Crippen molar-refractivity contribution in [3.05, 3.63) is 34.2 Å². The van der Waals surface area contributed by atoms with Crippen LogP contribution in [-0.2, 0) is 6.54 Å². The molecule has 68 valence electrons. The maximum absolute atomic E-state index is 11.1. The van der Waals surface area contributed by atoms with Gasteiger partial charge in [0.05, 0.1) is 0 Å². The van der Waals surface area contributed by atoms with Crippen LogP contribution < -0.4 is 5.43 Å². The number of unbranched alkanes of at least 4 members (excludes halogenated alkanes) is 1. The Morgan fingerprint density at radius 1 is 1.62 bits per heavy atom. The molecule has 0 aliphatic carbocycles. The van der Waals surface area contributed by atoms with Crippen LogP contribution in [0.5, 0.6) is 0 Å². The second kappa shape index (κ2) is 4.51. The van der Waals surface area contributed by atoms with Gasteiger partial charge in [-0.2, -0.15) is 0 Å². The highest BCUT2D eigenvalue weighted by molar-refractivity contribution is 5.07. The van der Waals surface area contributed by atoms with Gasteiger partial charge in [-0.1, -0.05) is 0 Å². The van der Waals surface area contributed by atoms with Crippen LogP contribution in [0.15, 0.2) is 23.3 Å². The van der Waals surface area contributed by atoms with Crippen LogP contribution in [-0.4, -0.2) is 4.57 Å². The summed E-state index contributed by atoms with van der Waals surface area (Å²) in [7, 11) is 0. The summed E-state index contributed by atoms with van der Waals surface area (Å²) in [6, 6.07) is 1.59. The van der Waals surface area contributed by atoms with Gasteiger partial charge in [-0.05, 0) is 13.3 Å². The first-order valence-corrected chi connectivity index (χ1v) is 4.34. The van der Waals surface area contributed by atoms with E-state index in [0.29, 0.717) is 0 Å². The van der Waals surface area contributed by atoms with Gasteiger partial charge < -0.3 is 4.57 Å². The third kappa shape index (κ3) is 2.79. The van der Waals surface area contributed by atoms with E-state index in [0.717, 1.165) is 24.9 Å². The minimum atomic E-state index is 0.0909. The Hall–Kier alpha value is -1.49. The van der Waals surface area contributed by atoms with Gasteiger partial charge in [0.15, 0.2) is 5.43 Å². The van der Waals surface area contributed by atoms with Crippen molar-refractivity contribution in [2.24, 2.45) is 0 Å². The molecule has 0 N–H and O–H groups in total. The molecule has 0 fully saturated rings. The number of aromatic nitrogens is 1. The van der Waals surface area contributed by atoms with E-state index in [1.165, 1.54) is 0 Å². The Balaban J connectivity index is 2.64. The van der Waals surface area contributed by atoms with Crippen LogP contribution in [0.1, 0.15) is 18.4 Å². The Morgan fingerprint density at radius 2 is 2.38 bits per heavy atom. The Kier molecular flexibility index (Phi) is 3.33. The predicted octanol–water partition coefficient (Wildman–Crippen LogP) is 1.57. The van der Waals surface area contributed by atoms with E-state index >= 15 is 0 Å². The van der Waals surface area contributed by atoms with E-state index in [1.54, 1.807) is 12.3 Å². The zero-order valence-electron chi connectivity index (χ0n) is 7.79. The summed E-state index contributed by atoms with van der Waals surface area (Å²) >= 11 is 0. The largest absolute Gasteiger partial charge is 0.354 e. The Labute approximate surface area is 78.2 Å². The topological polar surface area (TPSA) is 22.0 Å². The van der Waals surface area contributed by atoms with Gasteiger partial charge in [0.25, 0.3) is 0 Å². The molecule has 0 spiro atoms. The molecular weight excluding hydrogens is 162 g/mol. The van der Waals surface area contributed by atoms with Gasteiger partial charge in [0.2, 0.25) is 0 Å². The summed E-state index contributed by atoms with van der Waals surface area (Å²) in [5.41, 5.74) is 0.872. The monoisotopic (exact) mass is 175 g/mol. The molecule has 0 unspecified atom stereocenters. The summed E-state index contributed by atoms with van der Waals surface area (Å²) in [6.07, 6.45) is 10.5. The van der Waals surface area contributed by atoms with Crippen LogP contribution in [0.25, 0.3) is 0 Å². The van der Waals surface area contributed by atoms with E-state index in [9.17, 15) is 4.79 Å². The summed E-state index contributed by atoms with van der Waals surface area (Å²) < 4.78 is 1.99. The standard InChI is InChI=1S/C11H13NO/c1-3-4-5-7-12-8-6-11(13)10(2)9-12/h1,6,8-9H,4-5,7H2,2H3. The summed E-state index contributed by atoms with van der Waals surface area (Å²) in [4.78, 5) is 11.1. The van der Waals surface area contributed by atoms with Gasteiger partial charge >= 0.3 is 0 Å². The molecule has 1 aromatic heterocycles. The molecule has 0 atom stereocenters. The van der Waals surface area contributed by atoms with Crippen molar-refractivity contribution in [1.82, 2.24) is 4.57 Å². The molecular formula is C11H13NO. The summed E-state index contributed by atoms with van der Waals surface area (Å²) in [5.74, 6) is 2.59. The number of rotatable bonds is 3. The van der Waals surface area contributed by atoms with E-state index in [2.05, 4.69) is 5.92 Å². The van der Waals surface area contributed by atoms with Crippen molar-refractivity contribution in [2.75, 3.05) is 0 Å². The van der Waals surface area contributed by atoms with Gasteiger partial charge in [-0.3, -0.25) is 4.79 Å². The predicted molar refractivity (Wildman–Crippen MR) is 53.5 cm³/mol. The smallest absolute Gasteiger partial charge is 0.184 e. The minimum Gasteiger partial charge on any atom is -0.354 e. The molecule has 13 heavy (non-hydrogen) atoms. The van der Waals surface area contributed by atoms with Crippen molar-refractivity contribution in [3.8, 4) is 12.3 Å². The summed E-state index contributed by atoms with van der Waals surface area (Å²) in [5, 5.41) is 0. The van der Waals surface area contributed by atoms with Crippen molar-refractivity contribution >= 4 is 0 Å². The first-order valence-electron chi connectivity index (χ1n) is 4.34. The van der Waals surface area contributed by atoms with Crippen LogP contribution in [0.2, 0.25) is 0 Å². The fourth-order valence-electron chi connectivity index (χ4n) is 1.15. The lowest BCUT2D eigenvalue weighted by Crippen LogP contribution is -2.08. The molecule has 2 heteroatoms. The fraction of sp³-hybridized carbons (Fsp3) is 0.364. The molecule has 2 nitrogen and oxygen atoms in total. The zero-order valence-corrected chi connectivity index (χ0v) is 7.79. The molecule has 0 radical (unpaired) electrons. The highest BCUT2D eigenvalue weighted by Gasteiger charge is 1.93. The normalized spacial score (nSPS) is 9.54. The van der Waals surface area contributed by atoms with Gasteiger partial charge in [-0.15, -0.1) is 12.3 Å². The number of hydrogen-bond acceptors (Lipinski definition) is 1. The van der Waals surface area contributed by atoms with Crippen molar-refractivity contribution in [3.63, 3.8) is 0 Å². The third-order valence-electron chi connectivity index (χ3n) is 1.90. The summed E-state index contributed by atoms with van der Waals surface area (Å²) in [6.45, 7) is 2.70. The molecule has 1 rings (SSSR count).